The van der Waals surface area contributed by atoms with Gasteiger partial charge < -0.3 is 34.9 Å². The van der Waals surface area contributed by atoms with Crippen LogP contribution in [-0.2, 0) is 41.8 Å². The van der Waals surface area contributed by atoms with E-state index in [1.807, 2.05) is 4.90 Å². The molecule has 3 aliphatic rings. The summed E-state index contributed by atoms with van der Waals surface area (Å²) in [5.74, 6) is -4.27. The Balaban J connectivity index is 1.60. The van der Waals surface area contributed by atoms with Crippen molar-refractivity contribution in [2.45, 2.75) is 26.2 Å². The number of cyclic esters (lactones) is 1. The molecular formula is C27H27FN4O8. The number of nitrogens with zero attached hydrogens (tertiary/aromatic N) is 2. The molecule has 3 aliphatic heterocycles. The Bertz CT molecular complexity index is 1470. The second-order valence-corrected chi connectivity index (χ2v) is 9.59. The Morgan fingerprint density at radius 3 is 2.70 bits per heavy atom. The third-order valence-electron chi connectivity index (χ3n) is 6.91. The van der Waals surface area contributed by atoms with Crippen LogP contribution < -0.4 is 15.8 Å². The molecule has 4 N–H and O–H groups in total. The zero-order chi connectivity index (χ0) is 28.6. The van der Waals surface area contributed by atoms with Crippen molar-refractivity contribution in [2.24, 2.45) is 5.73 Å². The quantitative estimate of drug-likeness (QED) is 0.262. The third kappa shape index (κ3) is 5.39. The van der Waals surface area contributed by atoms with Crippen molar-refractivity contribution in [3.05, 3.63) is 58.2 Å². The van der Waals surface area contributed by atoms with Gasteiger partial charge in [0.2, 0.25) is 0 Å². The molecule has 0 bridgehead atoms. The number of β-amino-alcohol motifs (C(OH)–C–C–N with tert-alkyl or cyclic N) is 1. The van der Waals surface area contributed by atoms with E-state index in [0.717, 1.165) is 0 Å². The number of amides is 2. The van der Waals surface area contributed by atoms with Crippen LogP contribution in [0.1, 0.15) is 22.5 Å². The summed E-state index contributed by atoms with van der Waals surface area (Å²) < 4.78 is 31.9. The lowest BCUT2D eigenvalue weighted by Crippen LogP contribution is -2.42. The Kier molecular flexibility index (Phi) is 7.52. The van der Waals surface area contributed by atoms with E-state index >= 15 is 0 Å². The number of hydrogen-bond donors (Lipinski definition) is 3. The maximum atomic E-state index is 14.1. The molecule has 0 unspecified atom stereocenters. The molecule has 1 fully saturated rings. The number of morpholine rings is 1. The number of nitrogens with one attached hydrogen (secondary N) is 1. The molecule has 4 heterocycles. The summed E-state index contributed by atoms with van der Waals surface area (Å²) >= 11 is 0. The molecule has 12 nitrogen and oxygen atoms in total. The number of nitrogens with two attached hydrogens (primary N) is 1. The summed E-state index contributed by atoms with van der Waals surface area (Å²) in [5.41, 5.74) is 6.45. The number of aromatic nitrogens is 1. The van der Waals surface area contributed by atoms with Crippen molar-refractivity contribution < 1.29 is 42.9 Å². The minimum absolute atomic E-state index is 0.0306. The fourth-order valence-corrected chi connectivity index (χ4v) is 4.96. The summed E-state index contributed by atoms with van der Waals surface area (Å²) in [6.45, 7) is 3.80. The summed E-state index contributed by atoms with van der Waals surface area (Å²) in [6, 6.07) is 3.91. The first-order valence-corrected chi connectivity index (χ1v) is 12.6. The number of ether oxygens (including phenoxy) is 3. The zero-order valence-electron chi connectivity index (χ0n) is 21.6. The van der Waals surface area contributed by atoms with Crippen molar-refractivity contribution in [2.75, 3.05) is 38.2 Å². The smallest absolute Gasteiger partial charge is 0.344 e. The number of carbonyl (C=O) groups is 4. The molecule has 1 aromatic carbocycles. The topological polar surface area (TPSA) is 162 Å². The molecule has 2 amide bonds. The first kappa shape index (κ1) is 27.2. The molecule has 2 aromatic rings. The van der Waals surface area contributed by atoms with Crippen molar-refractivity contribution in [1.29, 1.82) is 0 Å². The van der Waals surface area contributed by atoms with Crippen LogP contribution in [0.2, 0.25) is 0 Å². The van der Waals surface area contributed by atoms with E-state index in [0.29, 0.717) is 61.4 Å². The Hall–Kier alpha value is -4.33. The van der Waals surface area contributed by atoms with Crippen LogP contribution in [0.5, 0.6) is 5.75 Å². The number of hydrogen-bond acceptors (Lipinski definition) is 9. The number of primary amides is 1. The summed E-state index contributed by atoms with van der Waals surface area (Å²) in [4.78, 5) is 51.8. The number of aliphatic hydroxyl groups is 1. The molecule has 210 valence electrons. The van der Waals surface area contributed by atoms with Crippen molar-refractivity contribution in [1.82, 2.24) is 9.47 Å². The fourth-order valence-electron chi connectivity index (χ4n) is 4.96. The standard InChI is InChI=1S/C27H27FN4O8/c1-14-21(9-18-17-8-15(28)2-3-20(17)30-26(18)36)32(12-16(33)11-31-4-6-38-7-5-31)22-13-39-27(37)19(25(29)35)10-23(34)40-24(14)22/h2-3,8-10,16,33H,4-7,11-13H2,1H3,(H2,29,35)(H,30,36)/b18-9-,19-10-/t16-/m0/s1. The highest BCUT2D eigenvalue weighted by Gasteiger charge is 2.31. The van der Waals surface area contributed by atoms with Crippen molar-refractivity contribution in [3.8, 4) is 5.75 Å². The van der Waals surface area contributed by atoms with E-state index in [1.165, 1.54) is 24.3 Å². The van der Waals surface area contributed by atoms with Crippen LogP contribution in [-0.4, -0.2) is 77.3 Å². The maximum absolute atomic E-state index is 14.1. The van der Waals surface area contributed by atoms with E-state index < -0.39 is 47.9 Å². The molecule has 0 aliphatic carbocycles. The van der Waals surface area contributed by atoms with E-state index in [4.69, 9.17) is 19.9 Å². The molecule has 0 saturated carbocycles. The van der Waals surface area contributed by atoms with E-state index in [-0.39, 0.29) is 23.6 Å². The highest BCUT2D eigenvalue weighted by atomic mass is 19.1. The number of carbonyl (C=O) groups excluding carboxylic acids is 4. The van der Waals surface area contributed by atoms with Gasteiger partial charge in [0.25, 0.3) is 11.8 Å². The van der Waals surface area contributed by atoms with Crippen LogP contribution in [0.3, 0.4) is 0 Å². The predicted molar refractivity (Wildman–Crippen MR) is 138 cm³/mol. The Morgan fingerprint density at radius 2 is 1.98 bits per heavy atom. The van der Waals surface area contributed by atoms with E-state index in [9.17, 15) is 28.7 Å². The van der Waals surface area contributed by atoms with Gasteiger partial charge in [0.05, 0.1) is 37.1 Å². The van der Waals surface area contributed by atoms with Crippen molar-refractivity contribution in [3.63, 3.8) is 0 Å². The SMILES string of the molecule is Cc1c2c(n(C[C@@H](O)CN3CCOCC3)c1/C=C1\C(=O)Nc3ccc(F)cc31)COC(=O)/C(C(N)=O)=C\C(=O)O2. The average Bonchev–Trinajstić information content (AvgIpc) is 3.35. The van der Waals surface area contributed by atoms with Gasteiger partial charge in [-0.15, -0.1) is 0 Å². The number of fused-ring (bicyclic) bond motifs is 2. The molecule has 5 rings (SSSR count). The Labute approximate surface area is 227 Å². The van der Waals surface area contributed by atoms with Crippen LogP contribution in [0, 0.1) is 12.7 Å². The van der Waals surface area contributed by atoms with Gasteiger partial charge in [0.15, 0.2) is 5.75 Å². The van der Waals surface area contributed by atoms with E-state index in [1.54, 1.807) is 11.5 Å². The van der Waals surface area contributed by atoms with Gasteiger partial charge in [0.1, 0.15) is 18.0 Å². The number of aliphatic hydroxyl groups excluding tert-OH is 1. The first-order chi connectivity index (χ1) is 19.1. The Morgan fingerprint density at radius 1 is 1.23 bits per heavy atom. The lowest BCUT2D eigenvalue weighted by Gasteiger charge is -2.29. The minimum atomic E-state index is -1.15. The lowest BCUT2D eigenvalue weighted by atomic mass is 10.0. The molecule has 1 saturated heterocycles. The third-order valence-corrected chi connectivity index (χ3v) is 6.91. The average molecular weight is 555 g/mol. The molecule has 0 spiro atoms. The fraction of sp³-hybridized carbons (Fsp3) is 0.333. The van der Waals surface area contributed by atoms with Crippen LogP contribution in [0.15, 0.2) is 29.8 Å². The van der Waals surface area contributed by atoms with Crippen molar-refractivity contribution >= 4 is 41.1 Å². The van der Waals surface area contributed by atoms with Gasteiger partial charge >= 0.3 is 11.9 Å². The lowest BCUT2D eigenvalue weighted by molar-refractivity contribution is -0.142. The highest BCUT2D eigenvalue weighted by molar-refractivity contribution is 6.35. The molecule has 40 heavy (non-hydrogen) atoms. The number of anilines is 1. The van der Waals surface area contributed by atoms with Gasteiger partial charge in [-0.3, -0.25) is 14.5 Å². The molecule has 1 aromatic heterocycles. The second kappa shape index (κ2) is 11.0. The van der Waals surface area contributed by atoms with Crippen LogP contribution in [0.25, 0.3) is 11.6 Å². The summed E-state index contributed by atoms with van der Waals surface area (Å²) in [5, 5.41) is 13.7. The van der Waals surface area contributed by atoms with Gasteiger partial charge in [-0.2, -0.15) is 0 Å². The summed E-state index contributed by atoms with van der Waals surface area (Å²) in [7, 11) is 0. The zero-order valence-corrected chi connectivity index (χ0v) is 21.6. The first-order valence-electron chi connectivity index (χ1n) is 12.6. The maximum Gasteiger partial charge on any atom is 0.344 e. The van der Waals surface area contributed by atoms with Gasteiger partial charge in [0, 0.05) is 48.2 Å². The van der Waals surface area contributed by atoms with E-state index in [2.05, 4.69) is 5.32 Å². The van der Waals surface area contributed by atoms with Gasteiger partial charge in [-0.25, -0.2) is 14.0 Å². The molecular weight excluding hydrogens is 527 g/mol. The van der Waals surface area contributed by atoms with Gasteiger partial charge in [-0.05, 0) is 31.2 Å². The number of benzene rings is 1. The highest BCUT2D eigenvalue weighted by Crippen LogP contribution is 2.38. The van der Waals surface area contributed by atoms with Crippen LogP contribution >= 0.6 is 0 Å². The van der Waals surface area contributed by atoms with Gasteiger partial charge in [-0.1, -0.05) is 0 Å². The molecule has 13 heteroatoms. The summed E-state index contributed by atoms with van der Waals surface area (Å²) in [6.07, 6.45) is 1.24. The largest absolute Gasteiger partial charge is 0.455 e. The van der Waals surface area contributed by atoms with Crippen LogP contribution in [0.4, 0.5) is 10.1 Å². The predicted octanol–water partition coefficient (Wildman–Crippen LogP) is 0.495. The molecule has 1 atom stereocenters. The minimum Gasteiger partial charge on any atom is -0.455 e. The molecule has 0 radical (unpaired) electrons. The second-order valence-electron chi connectivity index (χ2n) is 9.59. The number of halogens is 1. The monoisotopic (exact) mass is 554 g/mol. The number of rotatable bonds is 6. The normalized spacial score (nSPS) is 20.7. The number of esters is 2.